The zero-order valence-corrected chi connectivity index (χ0v) is 15.6. The SMILES string of the molecule is Cc1nnc(S[C@@H](C(=O)NC2CC2)c2ccc(F)cc2)n1-c1ccccc1. The molecule has 7 heteroatoms. The van der Waals surface area contributed by atoms with Crippen LogP contribution in [0, 0.1) is 12.7 Å². The minimum atomic E-state index is -0.530. The van der Waals surface area contributed by atoms with Gasteiger partial charge in [0.05, 0.1) is 0 Å². The molecule has 1 atom stereocenters. The van der Waals surface area contributed by atoms with E-state index in [4.69, 9.17) is 0 Å². The van der Waals surface area contributed by atoms with Crippen molar-refractivity contribution in [2.24, 2.45) is 0 Å². The molecule has 1 aliphatic carbocycles. The van der Waals surface area contributed by atoms with Gasteiger partial charge in [0.2, 0.25) is 5.91 Å². The first-order valence-electron chi connectivity index (χ1n) is 8.82. The molecule has 0 spiro atoms. The molecule has 0 bridgehead atoms. The van der Waals surface area contributed by atoms with E-state index in [1.807, 2.05) is 41.8 Å². The zero-order valence-electron chi connectivity index (χ0n) is 14.8. The van der Waals surface area contributed by atoms with E-state index in [0.717, 1.165) is 29.9 Å². The van der Waals surface area contributed by atoms with Crippen LogP contribution >= 0.6 is 11.8 Å². The van der Waals surface area contributed by atoms with Crippen LogP contribution in [-0.4, -0.2) is 26.7 Å². The number of hydrogen-bond acceptors (Lipinski definition) is 4. The Bertz CT molecular complexity index is 938. The quantitative estimate of drug-likeness (QED) is 0.659. The number of halogens is 1. The minimum absolute atomic E-state index is 0.0885. The molecule has 1 heterocycles. The van der Waals surface area contributed by atoms with Crippen LogP contribution in [0.3, 0.4) is 0 Å². The number of nitrogens with one attached hydrogen (secondary N) is 1. The number of aromatic nitrogens is 3. The molecular weight excluding hydrogens is 363 g/mol. The molecule has 1 amide bonds. The highest BCUT2D eigenvalue weighted by Gasteiger charge is 2.30. The van der Waals surface area contributed by atoms with E-state index in [1.54, 1.807) is 12.1 Å². The van der Waals surface area contributed by atoms with Crippen molar-refractivity contribution in [3.05, 3.63) is 71.8 Å². The van der Waals surface area contributed by atoms with Crippen LogP contribution in [0.25, 0.3) is 5.69 Å². The first-order valence-corrected chi connectivity index (χ1v) is 9.70. The lowest BCUT2D eigenvalue weighted by Gasteiger charge is -2.17. The molecule has 27 heavy (non-hydrogen) atoms. The monoisotopic (exact) mass is 382 g/mol. The van der Waals surface area contributed by atoms with Crippen molar-refractivity contribution >= 4 is 17.7 Å². The summed E-state index contributed by atoms with van der Waals surface area (Å²) in [5.74, 6) is 0.326. The molecule has 1 saturated carbocycles. The summed E-state index contributed by atoms with van der Waals surface area (Å²) in [5.41, 5.74) is 1.67. The maximum absolute atomic E-state index is 13.4. The first-order chi connectivity index (χ1) is 13.1. The van der Waals surface area contributed by atoms with Crippen molar-refractivity contribution < 1.29 is 9.18 Å². The van der Waals surface area contributed by atoms with Gasteiger partial charge in [0, 0.05) is 11.7 Å². The lowest BCUT2D eigenvalue weighted by atomic mass is 10.1. The Morgan fingerprint density at radius 2 is 1.85 bits per heavy atom. The van der Waals surface area contributed by atoms with Crippen molar-refractivity contribution in [3.63, 3.8) is 0 Å². The summed E-state index contributed by atoms with van der Waals surface area (Å²) < 4.78 is 15.3. The van der Waals surface area contributed by atoms with Gasteiger partial charge >= 0.3 is 0 Å². The second-order valence-corrected chi connectivity index (χ2v) is 7.61. The number of amides is 1. The fourth-order valence-corrected chi connectivity index (χ4v) is 3.92. The summed E-state index contributed by atoms with van der Waals surface area (Å²) in [6, 6.07) is 16.1. The maximum atomic E-state index is 13.4. The number of nitrogens with zero attached hydrogens (tertiary/aromatic N) is 3. The van der Waals surface area contributed by atoms with Crippen molar-refractivity contribution in [3.8, 4) is 5.69 Å². The molecule has 0 saturated heterocycles. The van der Waals surface area contributed by atoms with Gasteiger partial charge < -0.3 is 5.32 Å². The van der Waals surface area contributed by atoms with Crippen molar-refractivity contribution in [1.29, 1.82) is 0 Å². The average molecular weight is 382 g/mol. The highest BCUT2D eigenvalue weighted by atomic mass is 32.2. The molecule has 0 unspecified atom stereocenters. The number of carbonyl (C=O) groups is 1. The summed E-state index contributed by atoms with van der Waals surface area (Å²) in [7, 11) is 0. The Morgan fingerprint density at radius 3 is 2.52 bits per heavy atom. The van der Waals surface area contributed by atoms with E-state index in [1.165, 1.54) is 23.9 Å². The van der Waals surface area contributed by atoms with Crippen LogP contribution in [0.15, 0.2) is 59.8 Å². The molecule has 0 aliphatic heterocycles. The van der Waals surface area contributed by atoms with Gasteiger partial charge in [0.1, 0.15) is 16.9 Å². The van der Waals surface area contributed by atoms with Gasteiger partial charge in [0.25, 0.3) is 0 Å². The van der Waals surface area contributed by atoms with E-state index in [-0.39, 0.29) is 17.8 Å². The van der Waals surface area contributed by atoms with E-state index in [2.05, 4.69) is 15.5 Å². The van der Waals surface area contributed by atoms with Gasteiger partial charge in [-0.15, -0.1) is 10.2 Å². The Kier molecular flexibility index (Phi) is 4.94. The molecule has 138 valence electrons. The molecule has 1 N–H and O–H groups in total. The fraction of sp³-hybridized carbons (Fsp3) is 0.250. The number of carbonyl (C=O) groups excluding carboxylic acids is 1. The molecule has 5 nitrogen and oxygen atoms in total. The van der Waals surface area contributed by atoms with Crippen LogP contribution in [0.4, 0.5) is 4.39 Å². The molecule has 1 aromatic heterocycles. The topological polar surface area (TPSA) is 59.8 Å². The van der Waals surface area contributed by atoms with Crippen LogP contribution in [-0.2, 0) is 4.79 Å². The third kappa shape index (κ3) is 4.03. The number of para-hydroxylation sites is 1. The Balaban J connectivity index is 1.67. The number of benzene rings is 2. The standard InChI is InChI=1S/C20H19FN4OS/c1-13-23-24-20(25(13)17-5-3-2-4-6-17)27-18(19(26)22-16-11-12-16)14-7-9-15(21)10-8-14/h2-10,16,18H,11-12H2,1H3,(H,22,26)/t18-/m1/s1. The Morgan fingerprint density at radius 1 is 1.15 bits per heavy atom. The molecule has 1 fully saturated rings. The number of rotatable bonds is 6. The minimum Gasteiger partial charge on any atom is -0.352 e. The van der Waals surface area contributed by atoms with E-state index in [9.17, 15) is 9.18 Å². The molecule has 1 aliphatic rings. The number of hydrogen-bond donors (Lipinski definition) is 1. The Hall–Kier alpha value is -2.67. The van der Waals surface area contributed by atoms with Crippen molar-refractivity contribution in [1.82, 2.24) is 20.1 Å². The molecule has 0 radical (unpaired) electrons. The van der Waals surface area contributed by atoms with Gasteiger partial charge in [-0.05, 0) is 49.6 Å². The Labute approximate surface area is 161 Å². The summed E-state index contributed by atoms with van der Waals surface area (Å²) in [6.45, 7) is 1.88. The summed E-state index contributed by atoms with van der Waals surface area (Å²) in [4.78, 5) is 12.9. The third-order valence-corrected chi connectivity index (χ3v) is 5.56. The second kappa shape index (κ2) is 7.52. The third-order valence-electron chi connectivity index (χ3n) is 4.37. The van der Waals surface area contributed by atoms with Gasteiger partial charge in [-0.3, -0.25) is 9.36 Å². The molecule has 3 aromatic rings. The van der Waals surface area contributed by atoms with Crippen molar-refractivity contribution in [2.75, 3.05) is 0 Å². The van der Waals surface area contributed by atoms with E-state index >= 15 is 0 Å². The summed E-state index contributed by atoms with van der Waals surface area (Å²) in [6.07, 6.45) is 2.01. The maximum Gasteiger partial charge on any atom is 0.238 e. The van der Waals surface area contributed by atoms with E-state index in [0.29, 0.717) is 5.16 Å². The highest BCUT2D eigenvalue weighted by molar-refractivity contribution is 8.00. The first kappa shape index (κ1) is 17.7. The van der Waals surface area contributed by atoms with Crippen LogP contribution in [0.1, 0.15) is 29.5 Å². The van der Waals surface area contributed by atoms with Gasteiger partial charge in [-0.1, -0.05) is 42.1 Å². The largest absolute Gasteiger partial charge is 0.352 e. The van der Waals surface area contributed by atoms with Crippen LogP contribution in [0.5, 0.6) is 0 Å². The van der Waals surface area contributed by atoms with Gasteiger partial charge in [-0.2, -0.15) is 0 Å². The van der Waals surface area contributed by atoms with Crippen molar-refractivity contribution in [2.45, 2.75) is 36.2 Å². The normalized spacial score (nSPS) is 14.7. The summed E-state index contributed by atoms with van der Waals surface area (Å²) in [5, 5.41) is 11.6. The van der Waals surface area contributed by atoms with E-state index < -0.39 is 5.25 Å². The highest BCUT2D eigenvalue weighted by Crippen LogP contribution is 2.37. The fourth-order valence-electron chi connectivity index (χ4n) is 2.81. The molecule has 2 aromatic carbocycles. The zero-order chi connectivity index (χ0) is 18.8. The smallest absolute Gasteiger partial charge is 0.238 e. The summed E-state index contributed by atoms with van der Waals surface area (Å²) >= 11 is 1.32. The lowest BCUT2D eigenvalue weighted by molar-refractivity contribution is -0.120. The average Bonchev–Trinajstić information content (AvgIpc) is 3.42. The number of aryl methyl sites for hydroxylation is 1. The van der Waals surface area contributed by atoms with Gasteiger partial charge in [-0.25, -0.2) is 4.39 Å². The van der Waals surface area contributed by atoms with Gasteiger partial charge in [0.15, 0.2) is 5.16 Å². The predicted molar refractivity (Wildman–Crippen MR) is 102 cm³/mol. The molecular formula is C20H19FN4OS. The second-order valence-electron chi connectivity index (χ2n) is 6.53. The van der Waals surface area contributed by atoms with Crippen LogP contribution in [0.2, 0.25) is 0 Å². The van der Waals surface area contributed by atoms with Crippen LogP contribution < -0.4 is 5.32 Å². The number of thioether (sulfide) groups is 1. The predicted octanol–water partition coefficient (Wildman–Crippen LogP) is 3.83. The molecule has 4 rings (SSSR count). The lowest BCUT2D eigenvalue weighted by Crippen LogP contribution is -2.30.